The van der Waals surface area contributed by atoms with Gasteiger partial charge in [0.25, 0.3) is 7.82 Å². The number of quaternary nitrogens is 1. The van der Waals surface area contributed by atoms with Gasteiger partial charge >= 0.3 is 5.97 Å². The van der Waals surface area contributed by atoms with Gasteiger partial charge < -0.3 is 28.3 Å². The lowest BCUT2D eigenvalue weighted by atomic mass is 10.0. The Hall–Kier alpha value is -0.500. The van der Waals surface area contributed by atoms with E-state index in [9.17, 15) is 19.4 Å². The first-order chi connectivity index (χ1) is 15.6. The van der Waals surface area contributed by atoms with Crippen LogP contribution >= 0.6 is 7.82 Å². The molecule has 0 aromatic rings. The molecular weight excluding hydrogens is 445 g/mol. The highest BCUT2D eigenvalue weighted by Gasteiger charge is 2.19. The summed E-state index contributed by atoms with van der Waals surface area (Å²) >= 11 is 0. The second-order valence-corrected chi connectivity index (χ2v) is 11.3. The summed E-state index contributed by atoms with van der Waals surface area (Å²) in [5.74, 6) is -0.451. The third-order valence-corrected chi connectivity index (χ3v) is 6.38. The molecule has 0 aliphatic rings. The summed E-state index contributed by atoms with van der Waals surface area (Å²) in [4.78, 5) is 23.7. The third kappa shape index (κ3) is 23.0. The van der Waals surface area contributed by atoms with E-state index in [0.29, 0.717) is 11.0 Å². The molecule has 0 aromatic carbocycles. The second kappa shape index (κ2) is 19.8. The number of phosphoric acid groups is 1. The topological polar surface area (TPSA) is 105 Å². The van der Waals surface area contributed by atoms with Crippen molar-refractivity contribution in [2.75, 3.05) is 47.5 Å². The summed E-state index contributed by atoms with van der Waals surface area (Å²) in [6.45, 7) is 1.76. The van der Waals surface area contributed by atoms with Crippen molar-refractivity contribution in [2.45, 2.75) is 103 Å². The standard InChI is InChI=1S/C24H50NO7P/c1-5-6-7-8-9-10-11-12-13-14-15-16-17-18-24(27)32-23(21-26)22-31-33(28,29)30-20-19-25(2,3)4/h23,26H,5-22H2,1-4H3/t23-/m0/s1. The minimum absolute atomic E-state index is 0.00704. The monoisotopic (exact) mass is 495 g/mol. The summed E-state index contributed by atoms with van der Waals surface area (Å²) < 4.78 is 27.0. The first kappa shape index (κ1) is 32.5. The van der Waals surface area contributed by atoms with Crippen molar-refractivity contribution in [3.8, 4) is 0 Å². The quantitative estimate of drug-likeness (QED) is 0.0957. The molecular formula is C24H50NO7P. The first-order valence-electron chi connectivity index (χ1n) is 12.8. The average Bonchev–Trinajstić information content (AvgIpc) is 2.73. The molecule has 33 heavy (non-hydrogen) atoms. The van der Waals surface area contributed by atoms with Crippen LogP contribution in [0.4, 0.5) is 0 Å². The minimum atomic E-state index is -4.50. The highest BCUT2D eigenvalue weighted by molar-refractivity contribution is 7.45. The number of unbranched alkanes of at least 4 members (excludes halogenated alkanes) is 12. The summed E-state index contributed by atoms with van der Waals surface area (Å²) in [5, 5.41) is 9.35. The number of aliphatic hydroxyl groups excluding tert-OH is 1. The minimum Gasteiger partial charge on any atom is -0.756 e. The maximum Gasteiger partial charge on any atom is 0.306 e. The highest BCUT2D eigenvalue weighted by atomic mass is 31.2. The number of carbonyl (C=O) groups is 1. The van der Waals surface area contributed by atoms with Crippen LogP contribution in [0.15, 0.2) is 0 Å². The molecule has 0 rings (SSSR count). The molecule has 1 unspecified atom stereocenters. The van der Waals surface area contributed by atoms with E-state index in [4.69, 9.17) is 13.8 Å². The molecule has 0 bridgehead atoms. The molecule has 0 spiro atoms. The first-order valence-corrected chi connectivity index (χ1v) is 14.3. The van der Waals surface area contributed by atoms with Crippen molar-refractivity contribution in [1.29, 1.82) is 0 Å². The molecule has 1 N–H and O–H groups in total. The second-order valence-electron chi connectivity index (χ2n) is 9.88. The normalized spacial score (nSPS) is 14.7. The number of hydrogen-bond acceptors (Lipinski definition) is 7. The maximum absolute atomic E-state index is 12.0. The largest absolute Gasteiger partial charge is 0.756 e. The van der Waals surface area contributed by atoms with Crippen LogP contribution in [-0.4, -0.2) is 69.2 Å². The van der Waals surface area contributed by atoms with Crippen molar-refractivity contribution in [2.24, 2.45) is 0 Å². The summed E-state index contributed by atoms with van der Waals surface area (Å²) in [7, 11) is 1.24. The number of carbonyl (C=O) groups excluding carboxylic acids is 1. The molecule has 0 saturated carbocycles. The van der Waals surface area contributed by atoms with Crippen molar-refractivity contribution in [3.63, 3.8) is 0 Å². The zero-order valence-corrected chi connectivity index (χ0v) is 22.5. The summed E-state index contributed by atoms with van der Waals surface area (Å²) in [6.07, 6.45) is 15.1. The van der Waals surface area contributed by atoms with Gasteiger partial charge in [-0.15, -0.1) is 0 Å². The van der Waals surface area contributed by atoms with Gasteiger partial charge in [-0.1, -0.05) is 84.0 Å². The van der Waals surface area contributed by atoms with Gasteiger partial charge in [-0.3, -0.25) is 9.36 Å². The Morgan fingerprint density at radius 2 is 1.36 bits per heavy atom. The van der Waals surface area contributed by atoms with Crippen molar-refractivity contribution in [3.05, 3.63) is 0 Å². The van der Waals surface area contributed by atoms with E-state index in [1.807, 2.05) is 21.1 Å². The number of rotatable bonds is 23. The van der Waals surface area contributed by atoms with Crippen molar-refractivity contribution < 1.29 is 37.6 Å². The van der Waals surface area contributed by atoms with Crippen LogP contribution in [0, 0.1) is 0 Å². The van der Waals surface area contributed by atoms with E-state index in [1.165, 1.54) is 64.2 Å². The molecule has 0 amide bonds. The number of likely N-dealkylation sites (N-methyl/N-ethyl adjacent to an activating group) is 1. The van der Waals surface area contributed by atoms with E-state index in [0.717, 1.165) is 19.3 Å². The molecule has 0 aliphatic heterocycles. The van der Waals surface area contributed by atoms with Gasteiger partial charge in [0.15, 0.2) is 0 Å². The van der Waals surface area contributed by atoms with Gasteiger partial charge in [-0.05, 0) is 6.42 Å². The number of aliphatic hydroxyl groups is 1. The molecule has 9 heteroatoms. The van der Waals surface area contributed by atoms with Crippen LogP contribution in [-0.2, 0) is 23.1 Å². The van der Waals surface area contributed by atoms with E-state index in [2.05, 4.69) is 6.92 Å². The average molecular weight is 496 g/mol. The predicted molar refractivity (Wildman–Crippen MR) is 130 cm³/mol. The van der Waals surface area contributed by atoms with Gasteiger partial charge in [-0.25, -0.2) is 0 Å². The summed E-state index contributed by atoms with van der Waals surface area (Å²) in [5.41, 5.74) is 0. The van der Waals surface area contributed by atoms with Crippen LogP contribution in [0.3, 0.4) is 0 Å². The van der Waals surface area contributed by atoms with Gasteiger partial charge in [0.1, 0.15) is 19.3 Å². The third-order valence-electron chi connectivity index (χ3n) is 5.42. The smallest absolute Gasteiger partial charge is 0.306 e. The van der Waals surface area contributed by atoms with Gasteiger partial charge in [-0.2, -0.15) is 0 Å². The fourth-order valence-corrected chi connectivity index (χ4v) is 4.02. The van der Waals surface area contributed by atoms with Crippen molar-refractivity contribution >= 4 is 13.8 Å². The molecule has 0 fully saturated rings. The highest BCUT2D eigenvalue weighted by Crippen LogP contribution is 2.38. The number of hydrogen-bond donors (Lipinski definition) is 1. The van der Waals surface area contributed by atoms with Gasteiger partial charge in [0.05, 0.1) is 34.4 Å². The molecule has 198 valence electrons. The van der Waals surface area contributed by atoms with E-state index in [-0.39, 0.29) is 13.0 Å². The van der Waals surface area contributed by atoms with Gasteiger partial charge in [0, 0.05) is 6.42 Å². The fraction of sp³-hybridized carbons (Fsp3) is 0.958. The summed E-state index contributed by atoms with van der Waals surface area (Å²) in [6, 6.07) is 0. The Morgan fingerprint density at radius 1 is 0.879 bits per heavy atom. The Kier molecular flexibility index (Phi) is 19.5. The van der Waals surface area contributed by atoms with Crippen LogP contribution < -0.4 is 4.89 Å². The van der Waals surface area contributed by atoms with E-state index in [1.54, 1.807) is 0 Å². The SMILES string of the molecule is CCCCCCCCCCCCCCCC(=O)O[C@@H](CO)COP(=O)([O-])OCC[N+](C)(C)C. The van der Waals surface area contributed by atoms with E-state index < -0.39 is 33.1 Å². The molecule has 8 nitrogen and oxygen atoms in total. The zero-order chi connectivity index (χ0) is 25.0. The molecule has 2 atom stereocenters. The number of nitrogens with zero attached hydrogens (tertiary/aromatic N) is 1. The Morgan fingerprint density at radius 3 is 1.82 bits per heavy atom. The van der Waals surface area contributed by atoms with Crippen LogP contribution in [0.1, 0.15) is 96.8 Å². The molecule has 0 saturated heterocycles. The number of phosphoric ester groups is 1. The Balaban J connectivity index is 3.74. The predicted octanol–water partition coefficient (Wildman–Crippen LogP) is 4.58. The maximum atomic E-state index is 12.0. The fourth-order valence-electron chi connectivity index (χ4n) is 3.29. The van der Waals surface area contributed by atoms with Crippen molar-refractivity contribution in [1.82, 2.24) is 0 Å². The Bertz CT molecular complexity index is 525. The molecule has 0 heterocycles. The lowest BCUT2D eigenvalue weighted by Crippen LogP contribution is -2.37. The Labute approximate surface area is 202 Å². The number of ether oxygens (including phenoxy) is 1. The van der Waals surface area contributed by atoms with Crippen LogP contribution in [0.2, 0.25) is 0 Å². The lowest BCUT2D eigenvalue weighted by Gasteiger charge is -2.28. The van der Waals surface area contributed by atoms with Crippen LogP contribution in [0.5, 0.6) is 0 Å². The number of esters is 1. The zero-order valence-electron chi connectivity index (χ0n) is 21.6. The molecule has 0 radical (unpaired) electrons. The van der Waals surface area contributed by atoms with Crippen LogP contribution in [0.25, 0.3) is 0 Å². The lowest BCUT2D eigenvalue weighted by molar-refractivity contribution is -0.870. The molecule has 0 aliphatic carbocycles. The molecule has 0 aromatic heterocycles. The van der Waals surface area contributed by atoms with Gasteiger partial charge in [0.2, 0.25) is 0 Å². The van der Waals surface area contributed by atoms with E-state index >= 15 is 0 Å².